The Morgan fingerprint density at radius 3 is 2.88 bits per heavy atom. The van der Waals surface area contributed by atoms with Gasteiger partial charge in [-0.2, -0.15) is 5.90 Å². The van der Waals surface area contributed by atoms with E-state index in [0.717, 1.165) is 0 Å². The molecule has 0 saturated heterocycles. The largest absolute Gasteiger partial charge is 0.379 e. The monoisotopic (exact) mass is 237 g/mol. The molecule has 0 spiro atoms. The fourth-order valence-corrected chi connectivity index (χ4v) is 1.51. The fourth-order valence-electron chi connectivity index (χ4n) is 1.51. The molecule has 0 aromatic carbocycles. The summed E-state index contributed by atoms with van der Waals surface area (Å²) in [5.41, 5.74) is 1.52. The number of nitrogens with zero attached hydrogens (tertiary/aromatic N) is 3. The van der Waals surface area contributed by atoms with Gasteiger partial charge in [0.05, 0.1) is 6.61 Å². The number of carbonyl (C=O) groups is 1. The minimum atomic E-state index is -0.768. The molecule has 0 amide bonds. The van der Waals surface area contributed by atoms with E-state index < -0.39 is 5.97 Å². The Morgan fingerprint density at radius 2 is 2.24 bits per heavy atom. The van der Waals surface area contributed by atoms with E-state index >= 15 is 0 Å². The highest BCUT2D eigenvalue weighted by Crippen LogP contribution is 2.18. The fraction of sp³-hybridized carbons (Fsp3) is 0.333. The van der Waals surface area contributed by atoms with Crippen molar-refractivity contribution in [3.8, 4) is 0 Å². The van der Waals surface area contributed by atoms with Crippen LogP contribution in [0.1, 0.15) is 22.0 Å². The van der Waals surface area contributed by atoms with Crippen LogP contribution in [0.5, 0.6) is 0 Å². The Bertz CT molecular complexity index is 565. The normalized spacial score (nSPS) is 10.8. The summed E-state index contributed by atoms with van der Waals surface area (Å²) in [5.74, 6) is 4.69. The van der Waals surface area contributed by atoms with Gasteiger partial charge in [-0.1, -0.05) is 0 Å². The van der Waals surface area contributed by atoms with E-state index in [0.29, 0.717) is 22.6 Å². The molecular formula is C9H11N5O3. The minimum absolute atomic E-state index is 0.00273. The molecule has 0 aliphatic heterocycles. The van der Waals surface area contributed by atoms with E-state index in [2.05, 4.69) is 25.0 Å². The molecule has 17 heavy (non-hydrogen) atoms. The van der Waals surface area contributed by atoms with Crippen molar-refractivity contribution in [2.24, 2.45) is 5.90 Å². The molecule has 2 rings (SSSR count). The minimum Gasteiger partial charge on any atom is -0.378 e. The topological polar surface area (TPSA) is 116 Å². The van der Waals surface area contributed by atoms with Crippen LogP contribution >= 0.6 is 0 Å². The van der Waals surface area contributed by atoms with Crippen LogP contribution in [0.4, 0.5) is 0 Å². The average Bonchev–Trinajstić information content (AvgIpc) is 2.70. The summed E-state index contributed by atoms with van der Waals surface area (Å²) in [6, 6.07) is 0. The molecule has 0 aliphatic carbocycles. The van der Waals surface area contributed by atoms with Crippen LogP contribution in [0.3, 0.4) is 0 Å². The average molecular weight is 237 g/mol. The number of aromatic amines is 1. The van der Waals surface area contributed by atoms with Crippen LogP contribution in [0, 0.1) is 6.92 Å². The molecule has 0 atom stereocenters. The van der Waals surface area contributed by atoms with E-state index in [1.807, 2.05) is 0 Å². The van der Waals surface area contributed by atoms with Gasteiger partial charge in [0.15, 0.2) is 5.69 Å². The van der Waals surface area contributed by atoms with Crippen molar-refractivity contribution in [3.05, 3.63) is 17.2 Å². The summed E-state index contributed by atoms with van der Waals surface area (Å²) in [6.45, 7) is 2.01. The molecule has 2 aromatic rings. The number of hydrogen-bond donors (Lipinski definition) is 2. The zero-order chi connectivity index (χ0) is 12.4. The number of fused-ring (bicyclic) bond motifs is 1. The summed E-state index contributed by atoms with van der Waals surface area (Å²) in [5, 5.41) is 7.62. The molecule has 0 unspecified atom stereocenters. The number of aromatic nitrogens is 4. The first-order valence-electron chi connectivity index (χ1n) is 4.79. The number of imidazole rings is 1. The Labute approximate surface area is 96.1 Å². The van der Waals surface area contributed by atoms with Crippen molar-refractivity contribution in [2.75, 3.05) is 7.11 Å². The zero-order valence-corrected chi connectivity index (χ0v) is 9.35. The van der Waals surface area contributed by atoms with Crippen LogP contribution < -0.4 is 5.90 Å². The maximum Gasteiger partial charge on any atom is 0.379 e. The number of nitrogens with two attached hydrogens (primary N) is 1. The van der Waals surface area contributed by atoms with Gasteiger partial charge in [0, 0.05) is 7.11 Å². The van der Waals surface area contributed by atoms with E-state index in [1.54, 1.807) is 6.92 Å². The zero-order valence-electron chi connectivity index (χ0n) is 9.35. The van der Waals surface area contributed by atoms with Crippen LogP contribution in [0.15, 0.2) is 0 Å². The standard InChI is InChI=1S/C9H11N5O3/c1-4-11-6-5(3-16-2)13-14-8(7(6)12-4)9(15)17-10/h3,10H2,1-2H3,(H,11,12). The van der Waals surface area contributed by atoms with E-state index in [9.17, 15) is 4.79 Å². The van der Waals surface area contributed by atoms with E-state index in [4.69, 9.17) is 10.6 Å². The van der Waals surface area contributed by atoms with E-state index in [1.165, 1.54) is 7.11 Å². The van der Waals surface area contributed by atoms with Crippen molar-refractivity contribution < 1.29 is 14.4 Å². The van der Waals surface area contributed by atoms with Crippen molar-refractivity contribution in [2.45, 2.75) is 13.5 Å². The lowest BCUT2D eigenvalue weighted by Gasteiger charge is -2.01. The number of H-pyrrole nitrogens is 1. The Kier molecular flexibility index (Phi) is 2.98. The quantitative estimate of drug-likeness (QED) is 0.712. The Balaban J connectivity index is 2.65. The van der Waals surface area contributed by atoms with Gasteiger partial charge >= 0.3 is 5.97 Å². The molecule has 90 valence electrons. The van der Waals surface area contributed by atoms with Crippen molar-refractivity contribution in [1.29, 1.82) is 0 Å². The maximum absolute atomic E-state index is 11.4. The molecule has 0 saturated carbocycles. The number of carbonyl (C=O) groups excluding carboxylic acids is 1. The van der Waals surface area contributed by atoms with Gasteiger partial charge in [-0.15, -0.1) is 10.2 Å². The van der Waals surface area contributed by atoms with Crippen molar-refractivity contribution in [3.63, 3.8) is 0 Å². The molecule has 2 aromatic heterocycles. The molecule has 0 fully saturated rings. The molecule has 0 aliphatic rings. The number of aryl methyl sites for hydroxylation is 1. The van der Waals surface area contributed by atoms with Crippen molar-refractivity contribution >= 4 is 17.0 Å². The van der Waals surface area contributed by atoms with E-state index in [-0.39, 0.29) is 12.3 Å². The summed E-state index contributed by atoms with van der Waals surface area (Å²) in [7, 11) is 1.54. The summed E-state index contributed by atoms with van der Waals surface area (Å²) in [4.78, 5) is 22.6. The second-order valence-electron chi connectivity index (χ2n) is 3.38. The van der Waals surface area contributed by atoms with Gasteiger partial charge in [-0.25, -0.2) is 9.78 Å². The molecule has 0 radical (unpaired) electrons. The number of nitrogens with one attached hydrogen (secondary N) is 1. The summed E-state index contributed by atoms with van der Waals surface area (Å²) >= 11 is 0. The lowest BCUT2D eigenvalue weighted by Crippen LogP contribution is -2.14. The Hall–Kier alpha value is -2.06. The molecule has 2 heterocycles. The second kappa shape index (κ2) is 4.44. The first kappa shape index (κ1) is 11.4. The van der Waals surface area contributed by atoms with Crippen molar-refractivity contribution in [1.82, 2.24) is 20.2 Å². The third-order valence-electron chi connectivity index (χ3n) is 2.18. The SMILES string of the molecule is COCc1nnc(C(=O)ON)c2[nH]c(C)nc12. The number of hydrogen-bond acceptors (Lipinski definition) is 7. The lowest BCUT2D eigenvalue weighted by atomic mass is 10.3. The van der Waals surface area contributed by atoms with Crippen LogP contribution in [-0.2, 0) is 16.2 Å². The summed E-state index contributed by atoms with van der Waals surface area (Å²) in [6.07, 6.45) is 0. The number of rotatable bonds is 3. The summed E-state index contributed by atoms with van der Waals surface area (Å²) < 4.78 is 4.97. The van der Waals surface area contributed by atoms with Gasteiger partial charge in [-0.3, -0.25) is 0 Å². The maximum atomic E-state index is 11.4. The molecular weight excluding hydrogens is 226 g/mol. The lowest BCUT2D eigenvalue weighted by molar-refractivity contribution is 0.0497. The number of ether oxygens (including phenoxy) is 1. The number of methoxy groups -OCH3 is 1. The third kappa shape index (κ3) is 1.95. The van der Waals surface area contributed by atoms with Crippen LogP contribution in [0.2, 0.25) is 0 Å². The smallest absolute Gasteiger partial charge is 0.378 e. The van der Waals surface area contributed by atoms with Gasteiger partial charge in [0.1, 0.15) is 22.6 Å². The van der Waals surface area contributed by atoms with Crippen LogP contribution in [-0.4, -0.2) is 33.2 Å². The molecule has 8 nitrogen and oxygen atoms in total. The Morgan fingerprint density at radius 1 is 1.47 bits per heavy atom. The van der Waals surface area contributed by atoms with Gasteiger partial charge < -0.3 is 14.6 Å². The van der Waals surface area contributed by atoms with Crippen LogP contribution in [0.25, 0.3) is 11.0 Å². The molecule has 8 heteroatoms. The highest BCUT2D eigenvalue weighted by molar-refractivity contribution is 6.00. The first-order valence-corrected chi connectivity index (χ1v) is 4.79. The van der Waals surface area contributed by atoms with Gasteiger partial charge in [0.2, 0.25) is 0 Å². The molecule has 3 N–H and O–H groups in total. The van der Waals surface area contributed by atoms with Gasteiger partial charge in [0.25, 0.3) is 0 Å². The third-order valence-corrected chi connectivity index (χ3v) is 2.18. The van der Waals surface area contributed by atoms with Gasteiger partial charge in [-0.05, 0) is 6.92 Å². The second-order valence-corrected chi connectivity index (χ2v) is 3.38. The molecule has 0 bridgehead atoms. The highest BCUT2D eigenvalue weighted by atomic mass is 16.7. The predicted molar refractivity (Wildman–Crippen MR) is 56.7 cm³/mol. The first-order chi connectivity index (χ1) is 8.17. The predicted octanol–water partition coefficient (Wildman–Crippen LogP) is -0.162. The highest BCUT2D eigenvalue weighted by Gasteiger charge is 2.19.